The minimum atomic E-state index is -0.696. The standard InChI is InChI=1S/C16H21BrO/c1-16(18,14-6-4-2-3-5-7-14)12-13-8-10-15(17)11-9-13/h6,8-11,18H,2-5,7,12H2,1H3. The van der Waals surface area contributed by atoms with E-state index in [4.69, 9.17) is 0 Å². The van der Waals surface area contributed by atoms with Gasteiger partial charge in [-0.25, -0.2) is 0 Å². The van der Waals surface area contributed by atoms with Crippen LogP contribution < -0.4 is 0 Å². The first kappa shape index (κ1) is 13.8. The van der Waals surface area contributed by atoms with Crippen LogP contribution in [0.2, 0.25) is 0 Å². The van der Waals surface area contributed by atoms with Gasteiger partial charge in [-0.2, -0.15) is 0 Å². The highest BCUT2D eigenvalue weighted by Crippen LogP contribution is 2.29. The Morgan fingerprint density at radius 1 is 1.17 bits per heavy atom. The molecule has 1 nitrogen and oxygen atoms in total. The Bertz CT molecular complexity index is 417. The molecule has 0 radical (unpaired) electrons. The molecule has 1 N–H and O–H groups in total. The van der Waals surface area contributed by atoms with Gasteiger partial charge in [0.1, 0.15) is 0 Å². The van der Waals surface area contributed by atoms with E-state index in [9.17, 15) is 5.11 Å². The van der Waals surface area contributed by atoms with Crippen LogP contribution in [-0.2, 0) is 6.42 Å². The molecule has 1 aromatic carbocycles. The summed E-state index contributed by atoms with van der Waals surface area (Å²) in [4.78, 5) is 0. The molecule has 0 aromatic heterocycles. The summed E-state index contributed by atoms with van der Waals surface area (Å²) < 4.78 is 1.08. The van der Waals surface area contributed by atoms with Gasteiger partial charge in [0.25, 0.3) is 0 Å². The lowest BCUT2D eigenvalue weighted by Crippen LogP contribution is -2.30. The molecule has 1 aliphatic rings. The average molecular weight is 309 g/mol. The van der Waals surface area contributed by atoms with Crippen LogP contribution in [0, 0.1) is 0 Å². The first-order valence-corrected chi connectivity index (χ1v) is 7.53. The average Bonchev–Trinajstić information content (AvgIpc) is 2.61. The van der Waals surface area contributed by atoms with Gasteiger partial charge in [-0.1, -0.05) is 40.6 Å². The van der Waals surface area contributed by atoms with Crippen LogP contribution in [0.4, 0.5) is 0 Å². The molecule has 1 unspecified atom stereocenters. The molecule has 0 saturated heterocycles. The predicted molar refractivity (Wildman–Crippen MR) is 79.6 cm³/mol. The first-order valence-electron chi connectivity index (χ1n) is 6.74. The second-order valence-electron chi connectivity index (χ2n) is 5.41. The molecular weight excluding hydrogens is 288 g/mol. The van der Waals surface area contributed by atoms with Crippen molar-refractivity contribution in [3.8, 4) is 0 Å². The molecule has 98 valence electrons. The number of aliphatic hydroxyl groups is 1. The van der Waals surface area contributed by atoms with Crippen LogP contribution in [-0.4, -0.2) is 10.7 Å². The quantitative estimate of drug-likeness (QED) is 0.807. The lowest BCUT2D eigenvalue weighted by atomic mass is 9.86. The predicted octanol–water partition coefficient (Wildman–Crippen LogP) is 4.63. The van der Waals surface area contributed by atoms with Crippen molar-refractivity contribution >= 4 is 15.9 Å². The monoisotopic (exact) mass is 308 g/mol. The highest BCUT2D eigenvalue weighted by atomic mass is 79.9. The number of hydrogen-bond donors (Lipinski definition) is 1. The fourth-order valence-corrected chi connectivity index (χ4v) is 2.88. The minimum absolute atomic E-state index is 0.696. The lowest BCUT2D eigenvalue weighted by Gasteiger charge is -2.27. The van der Waals surface area contributed by atoms with Gasteiger partial charge in [0.05, 0.1) is 5.60 Å². The molecule has 1 aliphatic carbocycles. The van der Waals surface area contributed by atoms with Crippen LogP contribution in [0.25, 0.3) is 0 Å². The van der Waals surface area contributed by atoms with E-state index < -0.39 is 5.60 Å². The first-order chi connectivity index (χ1) is 8.58. The Kier molecular flexibility index (Phi) is 4.63. The zero-order valence-corrected chi connectivity index (χ0v) is 12.5. The van der Waals surface area contributed by atoms with Gasteiger partial charge in [0.15, 0.2) is 0 Å². The molecule has 0 heterocycles. The zero-order chi connectivity index (χ0) is 13.0. The maximum absolute atomic E-state index is 10.7. The third-order valence-corrected chi connectivity index (χ3v) is 4.22. The van der Waals surface area contributed by atoms with Crippen LogP contribution in [0.3, 0.4) is 0 Å². The Labute approximate surface area is 118 Å². The molecule has 1 aromatic rings. The van der Waals surface area contributed by atoms with E-state index in [1.165, 1.54) is 30.4 Å². The van der Waals surface area contributed by atoms with Crippen molar-refractivity contribution in [2.75, 3.05) is 0 Å². The molecule has 0 aliphatic heterocycles. The second-order valence-corrected chi connectivity index (χ2v) is 6.32. The molecule has 0 fully saturated rings. The number of hydrogen-bond acceptors (Lipinski definition) is 1. The van der Waals surface area contributed by atoms with Crippen molar-refractivity contribution in [2.24, 2.45) is 0 Å². The normalized spacial score (nSPS) is 19.8. The van der Waals surface area contributed by atoms with Gasteiger partial charge >= 0.3 is 0 Å². The van der Waals surface area contributed by atoms with Crippen molar-refractivity contribution < 1.29 is 5.11 Å². The summed E-state index contributed by atoms with van der Waals surface area (Å²) in [7, 11) is 0. The third kappa shape index (κ3) is 3.69. The van der Waals surface area contributed by atoms with Gasteiger partial charge in [0.2, 0.25) is 0 Å². The number of benzene rings is 1. The third-order valence-electron chi connectivity index (χ3n) is 3.69. The number of allylic oxidation sites excluding steroid dienone is 1. The number of rotatable bonds is 3. The van der Waals surface area contributed by atoms with Gasteiger partial charge < -0.3 is 5.11 Å². The summed E-state index contributed by atoms with van der Waals surface area (Å²) in [6.07, 6.45) is 8.88. The molecule has 0 bridgehead atoms. The van der Waals surface area contributed by atoms with Gasteiger partial charge in [-0.15, -0.1) is 0 Å². The fourth-order valence-electron chi connectivity index (χ4n) is 2.62. The molecule has 2 heteroatoms. The SMILES string of the molecule is CC(O)(Cc1ccc(Br)cc1)C1=CCCCCC1. The Morgan fingerprint density at radius 2 is 1.89 bits per heavy atom. The van der Waals surface area contributed by atoms with Crippen molar-refractivity contribution in [3.63, 3.8) is 0 Å². The van der Waals surface area contributed by atoms with Crippen LogP contribution in [0.1, 0.15) is 44.6 Å². The highest BCUT2D eigenvalue weighted by molar-refractivity contribution is 9.10. The molecule has 0 amide bonds. The van der Waals surface area contributed by atoms with Gasteiger partial charge in [0, 0.05) is 10.9 Å². The highest BCUT2D eigenvalue weighted by Gasteiger charge is 2.26. The van der Waals surface area contributed by atoms with Gasteiger partial charge in [-0.3, -0.25) is 0 Å². The van der Waals surface area contributed by atoms with Crippen molar-refractivity contribution in [1.82, 2.24) is 0 Å². The maximum atomic E-state index is 10.7. The molecule has 0 spiro atoms. The summed E-state index contributed by atoms with van der Waals surface area (Å²) in [6, 6.07) is 8.23. The lowest BCUT2D eigenvalue weighted by molar-refractivity contribution is 0.0949. The van der Waals surface area contributed by atoms with Crippen molar-refractivity contribution in [3.05, 3.63) is 46.0 Å². The van der Waals surface area contributed by atoms with E-state index in [0.29, 0.717) is 6.42 Å². The van der Waals surface area contributed by atoms with E-state index in [-0.39, 0.29) is 0 Å². The van der Waals surface area contributed by atoms with E-state index in [1.807, 2.05) is 19.1 Å². The largest absolute Gasteiger partial charge is 0.385 e. The van der Waals surface area contributed by atoms with E-state index >= 15 is 0 Å². The molecular formula is C16H21BrO. The Balaban J connectivity index is 2.10. The summed E-state index contributed by atoms with van der Waals surface area (Å²) in [6.45, 7) is 1.95. The smallest absolute Gasteiger partial charge is 0.0868 e. The Morgan fingerprint density at radius 3 is 2.61 bits per heavy atom. The van der Waals surface area contributed by atoms with Gasteiger partial charge in [-0.05, 0) is 55.9 Å². The van der Waals surface area contributed by atoms with E-state index in [0.717, 1.165) is 17.3 Å². The minimum Gasteiger partial charge on any atom is -0.385 e. The molecule has 0 saturated carbocycles. The molecule has 2 rings (SSSR count). The maximum Gasteiger partial charge on any atom is 0.0868 e. The zero-order valence-electron chi connectivity index (χ0n) is 11.0. The number of halogens is 1. The Hall–Kier alpha value is -0.600. The van der Waals surface area contributed by atoms with Crippen LogP contribution >= 0.6 is 15.9 Å². The molecule has 18 heavy (non-hydrogen) atoms. The summed E-state index contributed by atoms with van der Waals surface area (Å²) in [5, 5.41) is 10.7. The topological polar surface area (TPSA) is 20.2 Å². The van der Waals surface area contributed by atoms with E-state index in [2.05, 4.69) is 34.1 Å². The fraction of sp³-hybridized carbons (Fsp3) is 0.500. The van der Waals surface area contributed by atoms with E-state index in [1.54, 1.807) is 0 Å². The van der Waals surface area contributed by atoms with Crippen LogP contribution in [0.15, 0.2) is 40.4 Å². The summed E-state index contributed by atoms with van der Waals surface area (Å²) >= 11 is 3.44. The van der Waals surface area contributed by atoms with Crippen LogP contribution in [0.5, 0.6) is 0 Å². The second kappa shape index (κ2) is 6.03. The molecule has 1 atom stereocenters. The van der Waals surface area contributed by atoms with Crippen molar-refractivity contribution in [2.45, 2.75) is 51.0 Å². The summed E-state index contributed by atoms with van der Waals surface area (Å²) in [5.41, 5.74) is 1.72. The summed E-state index contributed by atoms with van der Waals surface area (Å²) in [5.74, 6) is 0. The van der Waals surface area contributed by atoms with Crippen molar-refractivity contribution in [1.29, 1.82) is 0 Å².